The van der Waals surface area contributed by atoms with Crippen molar-refractivity contribution in [2.75, 3.05) is 0 Å². The summed E-state index contributed by atoms with van der Waals surface area (Å²) in [7, 11) is 5.85. The quantitative estimate of drug-likeness (QED) is 0.585. The largest absolute Gasteiger partial charge is 0.538 e. The maximum absolute atomic E-state index is 5.85. The van der Waals surface area contributed by atoms with Crippen molar-refractivity contribution in [2.24, 2.45) is 0 Å². The van der Waals surface area contributed by atoms with Gasteiger partial charge in [-0.1, -0.05) is 36.8 Å². The highest BCUT2D eigenvalue weighted by molar-refractivity contribution is 7.01. The first kappa shape index (κ1) is 8.37. The zero-order chi connectivity index (χ0) is 7.40. The topological polar surface area (TPSA) is 0 Å². The second-order valence-corrected chi connectivity index (χ2v) is 4.09. The molecular weight excluding hydrogens is 156 g/mol. The van der Waals surface area contributed by atoms with E-state index >= 15 is 0 Å². The monoisotopic (exact) mass is 164 g/mol. The van der Waals surface area contributed by atoms with Crippen molar-refractivity contribution in [1.82, 2.24) is 0 Å². The standard InChI is InChI=1S/C8H9.ClH.Mg/c1-2-8-6-4-3-5-7-8;;/h3-6H,2H2,1H3;1H;/q;;+1/p-1. The molecule has 1 aromatic carbocycles. The van der Waals surface area contributed by atoms with Crippen LogP contribution in [0.5, 0.6) is 0 Å². The Labute approximate surface area is 75.1 Å². The van der Waals surface area contributed by atoms with Gasteiger partial charge in [-0.05, 0) is 6.42 Å². The normalized spacial score (nSPS) is 9.00. The van der Waals surface area contributed by atoms with Crippen LogP contribution in [0, 0.1) is 0 Å². The highest BCUT2D eigenvalue weighted by atomic mass is 35.5. The van der Waals surface area contributed by atoms with E-state index in [1.165, 1.54) is 9.26 Å². The minimum Gasteiger partial charge on any atom is -0.336 e. The lowest BCUT2D eigenvalue weighted by molar-refractivity contribution is 1.15. The summed E-state index contributed by atoms with van der Waals surface area (Å²) in [5.41, 5.74) is 1.42. The van der Waals surface area contributed by atoms with E-state index in [4.69, 9.17) is 9.07 Å². The molecule has 0 spiro atoms. The van der Waals surface area contributed by atoms with Crippen molar-refractivity contribution in [1.29, 1.82) is 0 Å². The van der Waals surface area contributed by atoms with Crippen molar-refractivity contribution < 1.29 is 0 Å². The highest BCUT2D eigenvalue weighted by Crippen LogP contribution is 1.96. The van der Waals surface area contributed by atoms with Crippen LogP contribution in [0.25, 0.3) is 0 Å². The van der Waals surface area contributed by atoms with Gasteiger partial charge in [0.15, 0.2) is 0 Å². The summed E-state index contributed by atoms with van der Waals surface area (Å²) in [5, 5.41) is 0. The summed E-state index contributed by atoms with van der Waals surface area (Å²) in [4.78, 5) is 0. The van der Waals surface area contributed by atoms with E-state index in [1.807, 2.05) is 0 Å². The lowest BCUT2D eigenvalue weighted by atomic mass is 10.2. The van der Waals surface area contributed by atoms with Gasteiger partial charge in [0.05, 0.1) is 0 Å². The van der Waals surface area contributed by atoms with Crippen LogP contribution in [-0.4, -0.2) is 19.3 Å². The Morgan fingerprint density at radius 2 is 2.10 bits per heavy atom. The van der Waals surface area contributed by atoms with Gasteiger partial charge in [0.25, 0.3) is 0 Å². The Morgan fingerprint density at radius 3 is 2.60 bits per heavy atom. The number of halogens is 1. The lowest BCUT2D eigenvalue weighted by Crippen LogP contribution is -2.13. The molecule has 0 heterocycles. The molecule has 2 heteroatoms. The van der Waals surface area contributed by atoms with E-state index < -0.39 is 19.3 Å². The Hall–Kier alpha value is 0.276. The SMILES string of the molecule is CCc1cccc[c]1[Mg][Cl]. The maximum atomic E-state index is 5.85. The summed E-state index contributed by atoms with van der Waals surface area (Å²) in [6.45, 7) is 2.17. The Balaban J connectivity index is 2.96. The number of benzene rings is 1. The Bertz CT molecular complexity index is 187. The van der Waals surface area contributed by atoms with Gasteiger partial charge in [-0.3, -0.25) is 0 Å². The molecule has 0 unspecified atom stereocenters. The summed E-state index contributed by atoms with van der Waals surface area (Å²) in [5.74, 6) is 0. The van der Waals surface area contributed by atoms with E-state index in [0.717, 1.165) is 6.42 Å². The molecule has 1 rings (SSSR count). The Kier molecular flexibility index (Phi) is 3.53. The molecule has 50 valence electrons. The molecule has 0 fully saturated rings. The number of rotatable bonds is 2. The molecule has 0 nitrogen and oxygen atoms in total. The third-order valence-electron chi connectivity index (χ3n) is 1.64. The molecule has 10 heavy (non-hydrogen) atoms. The van der Waals surface area contributed by atoms with Gasteiger partial charge in [0, 0.05) is 0 Å². The number of aryl methyl sites for hydroxylation is 1. The Morgan fingerprint density at radius 1 is 1.40 bits per heavy atom. The van der Waals surface area contributed by atoms with Crippen LogP contribution in [0.1, 0.15) is 12.5 Å². The zero-order valence-electron chi connectivity index (χ0n) is 6.10. The van der Waals surface area contributed by atoms with Crippen molar-refractivity contribution >= 4 is 32.0 Å². The van der Waals surface area contributed by atoms with Gasteiger partial charge in [-0.2, -0.15) is 0 Å². The fraction of sp³-hybridized carbons (Fsp3) is 0.250. The molecule has 0 aliphatic carbocycles. The number of hydrogen-bond donors (Lipinski definition) is 0. The van der Waals surface area contributed by atoms with Crippen LogP contribution in [0.15, 0.2) is 24.3 Å². The fourth-order valence-corrected chi connectivity index (χ4v) is 2.58. The molecule has 0 aliphatic heterocycles. The molecule has 0 N–H and O–H groups in total. The molecule has 0 aliphatic rings. The molecule has 0 bridgehead atoms. The zero-order valence-corrected chi connectivity index (χ0v) is 8.27. The molecular formula is C8H9ClMg. The van der Waals surface area contributed by atoms with Crippen molar-refractivity contribution in [3.05, 3.63) is 29.8 Å². The smallest absolute Gasteiger partial charge is 0.336 e. The van der Waals surface area contributed by atoms with Crippen LogP contribution >= 0.6 is 9.07 Å². The first-order valence-corrected chi connectivity index (χ1v) is 6.35. The third-order valence-corrected chi connectivity index (χ3v) is 3.48. The molecule has 1 aromatic rings. The minimum absolute atomic E-state index is 0.476. The van der Waals surface area contributed by atoms with Gasteiger partial charge in [-0.25, -0.2) is 0 Å². The molecule has 0 saturated carbocycles. The minimum atomic E-state index is -0.476. The molecule has 0 amide bonds. The fourth-order valence-electron chi connectivity index (χ4n) is 1.03. The average Bonchev–Trinajstić information content (AvgIpc) is 2.04. The second-order valence-electron chi connectivity index (χ2n) is 2.26. The predicted molar refractivity (Wildman–Crippen MR) is 47.1 cm³/mol. The molecule has 0 saturated heterocycles. The first-order valence-electron chi connectivity index (χ1n) is 3.51. The van der Waals surface area contributed by atoms with Crippen molar-refractivity contribution in [2.45, 2.75) is 13.3 Å². The van der Waals surface area contributed by atoms with Gasteiger partial charge >= 0.3 is 19.3 Å². The van der Waals surface area contributed by atoms with Crippen LogP contribution in [0.4, 0.5) is 0 Å². The first-order chi connectivity index (χ1) is 4.88. The van der Waals surface area contributed by atoms with Gasteiger partial charge in [-0.15, -0.1) is 3.69 Å². The maximum Gasteiger partial charge on any atom is 0.538 e. The van der Waals surface area contributed by atoms with Gasteiger partial charge in [0.2, 0.25) is 0 Å². The second kappa shape index (κ2) is 4.22. The van der Waals surface area contributed by atoms with Crippen molar-refractivity contribution in [3.63, 3.8) is 0 Å². The van der Waals surface area contributed by atoms with Crippen LogP contribution in [-0.2, 0) is 6.42 Å². The predicted octanol–water partition coefficient (Wildman–Crippen LogP) is 1.73. The van der Waals surface area contributed by atoms with E-state index in [2.05, 4.69) is 31.2 Å². The third kappa shape index (κ3) is 1.88. The van der Waals surface area contributed by atoms with E-state index in [9.17, 15) is 0 Å². The molecule has 0 radical (unpaired) electrons. The average molecular weight is 165 g/mol. The number of hydrogen-bond acceptors (Lipinski definition) is 0. The van der Waals surface area contributed by atoms with Crippen LogP contribution in [0.3, 0.4) is 0 Å². The van der Waals surface area contributed by atoms with E-state index in [1.54, 1.807) is 0 Å². The summed E-state index contributed by atoms with van der Waals surface area (Å²) in [6, 6.07) is 8.43. The van der Waals surface area contributed by atoms with Crippen LogP contribution < -0.4 is 3.69 Å². The van der Waals surface area contributed by atoms with Gasteiger partial charge in [0.1, 0.15) is 0 Å². The molecule has 0 aromatic heterocycles. The molecule has 0 atom stereocenters. The summed E-state index contributed by atoms with van der Waals surface area (Å²) >= 11 is -0.476. The van der Waals surface area contributed by atoms with E-state index in [0.29, 0.717) is 0 Å². The summed E-state index contributed by atoms with van der Waals surface area (Å²) < 4.78 is 1.40. The van der Waals surface area contributed by atoms with Crippen molar-refractivity contribution in [3.8, 4) is 0 Å². The lowest BCUT2D eigenvalue weighted by Gasteiger charge is -2.01. The summed E-state index contributed by atoms with van der Waals surface area (Å²) in [6.07, 6.45) is 1.11. The van der Waals surface area contributed by atoms with Gasteiger partial charge < -0.3 is 9.07 Å². The highest BCUT2D eigenvalue weighted by Gasteiger charge is 1.99. The van der Waals surface area contributed by atoms with Crippen LogP contribution in [0.2, 0.25) is 0 Å². The van der Waals surface area contributed by atoms with E-state index in [-0.39, 0.29) is 0 Å².